The van der Waals surface area contributed by atoms with Crippen LogP contribution < -0.4 is 0 Å². The van der Waals surface area contributed by atoms with E-state index in [2.05, 4.69) is 0 Å². The molecular formula is C11H20NO6P. The molecule has 2 unspecified atom stereocenters. The van der Waals surface area contributed by atoms with Crippen molar-refractivity contribution in [3.63, 3.8) is 0 Å². The fourth-order valence-electron chi connectivity index (χ4n) is 2.34. The van der Waals surface area contributed by atoms with Crippen molar-refractivity contribution in [1.82, 2.24) is 5.06 Å². The third kappa shape index (κ3) is 2.45. The first-order chi connectivity index (χ1) is 8.60. The predicted molar refractivity (Wildman–Crippen MR) is 65.9 cm³/mol. The SMILES string of the molecule is CC1(C)COP(=O)(C2(C)CC(C(=O)O)CN2O)OC1. The van der Waals surface area contributed by atoms with E-state index in [1.165, 1.54) is 6.92 Å². The summed E-state index contributed by atoms with van der Waals surface area (Å²) >= 11 is 0. The Morgan fingerprint density at radius 1 is 1.32 bits per heavy atom. The number of hydrogen-bond acceptors (Lipinski definition) is 6. The molecule has 2 saturated heterocycles. The van der Waals surface area contributed by atoms with Gasteiger partial charge in [-0.3, -0.25) is 9.36 Å². The van der Waals surface area contributed by atoms with Crippen molar-refractivity contribution in [3.05, 3.63) is 0 Å². The highest BCUT2D eigenvalue weighted by atomic mass is 31.2. The zero-order valence-corrected chi connectivity index (χ0v) is 12.2. The molecule has 2 aliphatic rings. The van der Waals surface area contributed by atoms with Crippen molar-refractivity contribution in [3.8, 4) is 0 Å². The van der Waals surface area contributed by atoms with Crippen molar-refractivity contribution in [2.75, 3.05) is 19.8 Å². The molecule has 0 bridgehead atoms. The quantitative estimate of drug-likeness (QED) is 0.749. The summed E-state index contributed by atoms with van der Waals surface area (Å²) in [7, 11) is -3.57. The minimum atomic E-state index is -3.57. The van der Waals surface area contributed by atoms with E-state index in [9.17, 15) is 14.6 Å². The Morgan fingerprint density at radius 3 is 2.26 bits per heavy atom. The molecule has 2 atom stereocenters. The second-order valence-electron chi connectivity index (χ2n) is 6.25. The van der Waals surface area contributed by atoms with Crippen LogP contribution in [0.4, 0.5) is 0 Å². The van der Waals surface area contributed by atoms with Crippen LogP contribution in [0.2, 0.25) is 0 Å². The summed E-state index contributed by atoms with van der Waals surface area (Å²) in [6, 6.07) is 0. The molecule has 0 aromatic rings. The van der Waals surface area contributed by atoms with Crippen LogP contribution in [0.15, 0.2) is 0 Å². The highest BCUT2D eigenvalue weighted by Gasteiger charge is 2.60. The van der Waals surface area contributed by atoms with Crippen molar-refractivity contribution < 1.29 is 28.7 Å². The molecule has 2 heterocycles. The first kappa shape index (κ1) is 14.9. The number of rotatable bonds is 2. The topological polar surface area (TPSA) is 96.3 Å². The van der Waals surface area contributed by atoms with Gasteiger partial charge in [0.05, 0.1) is 19.1 Å². The maximum Gasteiger partial charge on any atom is 0.352 e. The summed E-state index contributed by atoms with van der Waals surface area (Å²) in [6.45, 7) is 5.80. The van der Waals surface area contributed by atoms with Crippen molar-refractivity contribution in [1.29, 1.82) is 0 Å². The molecule has 0 aromatic heterocycles. The van der Waals surface area contributed by atoms with Gasteiger partial charge in [-0.15, -0.1) is 0 Å². The number of hydrogen-bond donors (Lipinski definition) is 2. The van der Waals surface area contributed by atoms with Crippen LogP contribution >= 0.6 is 7.60 Å². The molecule has 0 amide bonds. The van der Waals surface area contributed by atoms with E-state index in [-0.39, 0.29) is 31.6 Å². The van der Waals surface area contributed by atoms with Gasteiger partial charge in [-0.1, -0.05) is 13.8 Å². The Balaban J connectivity index is 2.21. The standard InChI is InChI=1S/C11H20NO6P/c1-10(2)6-17-19(16,18-7-10)11(3)4-8(9(13)14)5-12(11)15/h8,15H,4-7H2,1-3H3,(H,13,14). The lowest BCUT2D eigenvalue weighted by Crippen LogP contribution is -2.43. The number of carboxylic acid groups (broad SMARTS) is 1. The van der Waals surface area contributed by atoms with Crippen LogP contribution in [0.3, 0.4) is 0 Å². The highest BCUT2D eigenvalue weighted by molar-refractivity contribution is 7.55. The lowest BCUT2D eigenvalue weighted by Gasteiger charge is -2.42. The molecule has 2 rings (SSSR count). The number of carbonyl (C=O) groups is 1. The first-order valence-corrected chi connectivity index (χ1v) is 7.72. The zero-order chi connectivity index (χ0) is 14.5. The van der Waals surface area contributed by atoms with E-state index < -0.39 is 24.8 Å². The van der Waals surface area contributed by atoms with Crippen LogP contribution in [0, 0.1) is 11.3 Å². The number of nitrogens with zero attached hydrogens (tertiary/aromatic N) is 1. The van der Waals surface area contributed by atoms with Gasteiger partial charge in [-0.25, -0.2) is 0 Å². The molecule has 0 spiro atoms. The van der Waals surface area contributed by atoms with E-state index >= 15 is 0 Å². The summed E-state index contributed by atoms with van der Waals surface area (Å²) in [4.78, 5) is 11.0. The van der Waals surface area contributed by atoms with Gasteiger partial charge in [0, 0.05) is 12.0 Å². The molecule has 2 N–H and O–H groups in total. The van der Waals surface area contributed by atoms with Crippen LogP contribution in [0.1, 0.15) is 27.2 Å². The third-order valence-electron chi connectivity index (χ3n) is 3.77. The van der Waals surface area contributed by atoms with Crippen molar-refractivity contribution in [2.24, 2.45) is 11.3 Å². The molecule has 19 heavy (non-hydrogen) atoms. The van der Waals surface area contributed by atoms with Gasteiger partial charge in [0.2, 0.25) is 0 Å². The molecule has 2 fully saturated rings. The average Bonchev–Trinajstić information content (AvgIpc) is 2.62. The van der Waals surface area contributed by atoms with Crippen LogP contribution in [0.25, 0.3) is 0 Å². The molecule has 110 valence electrons. The Hall–Kier alpha value is -0.460. The second-order valence-corrected chi connectivity index (χ2v) is 8.72. The third-order valence-corrected chi connectivity index (χ3v) is 6.30. The molecule has 8 heteroatoms. The number of aliphatic carboxylic acids is 1. The monoisotopic (exact) mass is 293 g/mol. The Bertz CT molecular complexity index is 425. The molecule has 7 nitrogen and oxygen atoms in total. The smallest absolute Gasteiger partial charge is 0.352 e. The second kappa shape index (κ2) is 4.53. The Morgan fingerprint density at radius 2 is 1.84 bits per heavy atom. The fourth-order valence-corrected chi connectivity index (χ4v) is 4.82. The summed E-state index contributed by atoms with van der Waals surface area (Å²) in [5.74, 6) is -1.80. The molecule has 0 radical (unpaired) electrons. The maximum atomic E-state index is 12.8. The van der Waals surface area contributed by atoms with Gasteiger partial charge in [-0.2, -0.15) is 5.06 Å². The van der Waals surface area contributed by atoms with Gasteiger partial charge in [0.25, 0.3) is 0 Å². The summed E-state index contributed by atoms with van der Waals surface area (Å²) in [6.07, 6.45) is 0.0382. The normalized spacial score (nSPS) is 38.2. The first-order valence-electron chi connectivity index (χ1n) is 6.18. The zero-order valence-electron chi connectivity index (χ0n) is 11.3. The van der Waals surface area contributed by atoms with E-state index in [1.54, 1.807) is 0 Å². The molecule has 2 aliphatic heterocycles. The van der Waals surface area contributed by atoms with E-state index in [4.69, 9.17) is 14.2 Å². The predicted octanol–water partition coefficient (Wildman–Crippen LogP) is 1.76. The van der Waals surface area contributed by atoms with Crippen molar-refractivity contribution in [2.45, 2.75) is 32.5 Å². The lowest BCUT2D eigenvalue weighted by atomic mass is 9.97. The number of hydroxylamine groups is 2. The average molecular weight is 293 g/mol. The molecule has 0 aliphatic carbocycles. The minimum absolute atomic E-state index is 0.0382. The van der Waals surface area contributed by atoms with Crippen LogP contribution in [0.5, 0.6) is 0 Å². The number of carboxylic acids is 1. The van der Waals surface area contributed by atoms with Gasteiger partial charge < -0.3 is 19.4 Å². The molecular weight excluding hydrogens is 273 g/mol. The highest BCUT2D eigenvalue weighted by Crippen LogP contribution is 2.67. The Labute approximate surface area is 112 Å². The summed E-state index contributed by atoms with van der Waals surface area (Å²) in [5.41, 5.74) is -0.241. The lowest BCUT2D eigenvalue weighted by molar-refractivity contribution is -0.145. The van der Waals surface area contributed by atoms with Gasteiger partial charge in [0.1, 0.15) is 5.28 Å². The molecule has 0 aromatic carbocycles. The maximum absolute atomic E-state index is 12.8. The largest absolute Gasteiger partial charge is 0.481 e. The van der Waals surface area contributed by atoms with Gasteiger partial charge in [0.15, 0.2) is 0 Å². The van der Waals surface area contributed by atoms with E-state index in [1.807, 2.05) is 13.8 Å². The Kier molecular flexibility index (Phi) is 3.56. The molecule has 0 saturated carbocycles. The van der Waals surface area contributed by atoms with Crippen molar-refractivity contribution >= 4 is 13.6 Å². The van der Waals surface area contributed by atoms with Gasteiger partial charge in [-0.05, 0) is 13.3 Å². The van der Waals surface area contributed by atoms with Crippen LogP contribution in [-0.2, 0) is 18.4 Å². The van der Waals surface area contributed by atoms with E-state index in [0.29, 0.717) is 0 Å². The fraction of sp³-hybridized carbons (Fsp3) is 0.909. The minimum Gasteiger partial charge on any atom is -0.481 e. The van der Waals surface area contributed by atoms with Crippen LogP contribution in [-0.4, -0.2) is 46.4 Å². The van der Waals surface area contributed by atoms with Gasteiger partial charge >= 0.3 is 13.6 Å². The van der Waals surface area contributed by atoms with E-state index in [0.717, 1.165) is 5.06 Å². The summed E-state index contributed by atoms with van der Waals surface area (Å²) < 4.78 is 23.6. The summed E-state index contributed by atoms with van der Waals surface area (Å²) in [5, 5.41) is 18.5.